The van der Waals surface area contributed by atoms with Gasteiger partial charge in [0.05, 0.1) is 12.2 Å². The highest BCUT2D eigenvalue weighted by molar-refractivity contribution is 6.10. The van der Waals surface area contributed by atoms with Crippen molar-refractivity contribution in [1.29, 1.82) is 0 Å². The van der Waals surface area contributed by atoms with Crippen LogP contribution >= 0.6 is 0 Å². The minimum Gasteiger partial charge on any atom is -0.506 e. The van der Waals surface area contributed by atoms with Gasteiger partial charge in [0.25, 0.3) is 11.8 Å². The van der Waals surface area contributed by atoms with Gasteiger partial charge >= 0.3 is 0 Å². The number of amides is 2. The fourth-order valence-corrected chi connectivity index (χ4v) is 4.33. The number of phenolic OH excluding ortho intramolecular Hbond substituents is 1. The Balaban J connectivity index is 1.37. The smallest absolute Gasteiger partial charge is 0.258 e. The molecule has 0 radical (unpaired) electrons. The van der Waals surface area contributed by atoms with Gasteiger partial charge in [-0.25, -0.2) is 0 Å². The Labute approximate surface area is 221 Å². The Hall–Kier alpha value is -5.16. The molecule has 0 atom stereocenters. The largest absolute Gasteiger partial charge is 0.506 e. The summed E-state index contributed by atoms with van der Waals surface area (Å²) >= 11 is 0. The zero-order valence-electron chi connectivity index (χ0n) is 20.6. The highest BCUT2D eigenvalue weighted by atomic mass is 16.3. The molecule has 0 aliphatic carbocycles. The minimum absolute atomic E-state index is 0.0257. The molecule has 0 heterocycles. The van der Waals surface area contributed by atoms with Crippen LogP contribution in [0.2, 0.25) is 0 Å². The second-order valence-corrected chi connectivity index (χ2v) is 8.81. The summed E-state index contributed by atoms with van der Waals surface area (Å²) in [6.45, 7) is 0.298. The van der Waals surface area contributed by atoms with Gasteiger partial charge in [-0.3, -0.25) is 9.59 Å². The molecule has 0 fully saturated rings. The molecule has 5 nitrogen and oxygen atoms in total. The van der Waals surface area contributed by atoms with Crippen LogP contribution in [-0.4, -0.2) is 16.9 Å². The van der Waals surface area contributed by atoms with E-state index in [4.69, 9.17) is 0 Å². The first kappa shape index (κ1) is 24.5. The van der Waals surface area contributed by atoms with E-state index in [2.05, 4.69) is 5.32 Å². The molecule has 0 aliphatic heterocycles. The van der Waals surface area contributed by atoms with Crippen LogP contribution in [-0.2, 0) is 6.54 Å². The summed E-state index contributed by atoms with van der Waals surface area (Å²) in [7, 11) is 0. The first-order valence-corrected chi connectivity index (χ1v) is 12.3. The predicted octanol–water partition coefficient (Wildman–Crippen LogP) is 7.16. The van der Waals surface area contributed by atoms with Crippen molar-refractivity contribution in [2.24, 2.45) is 0 Å². The maximum atomic E-state index is 13.6. The zero-order valence-corrected chi connectivity index (χ0v) is 20.6. The Bertz CT molecular complexity index is 1550. The van der Waals surface area contributed by atoms with Crippen LogP contribution in [0.5, 0.6) is 5.75 Å². The van der Waals surface area contributed by atoms with E-state index in [0.29, 0.717) is 29.0 Å². The van der Waals surface area contributed by atoms with E-state index >= 15 is 0 Å². The van der Waals surface area contributed by atoms with Crippen LogP contribution in [0.3, 0.4) is 0 Å². The first-order chi connectivity index (χ1) is 18.6. The maximum Gasteiger partial charge on any atom is 0.258 e. The van der Waals surface area contributed by atoms with Crippen molar-refractivity contribution < 1.29 is 14.7 Å². The first-order valence-electron chi connectivity index (χ1n) is 12.3. The van der Waals surface area contributed by atoms with Crippen LogP contribution in [0, 0.1) is 0 Å². The summed E-state index contributed by atoms with van der Waals surface area (Å²) in [5.41, 5.74) is 4.74. The molecule has 5 aromatic carbocycles. The number of carbonyl (C=O) groups excluding carboxylic acids is 2. The summed E-state index contributed by atoms with van der Waals surface area (Å²) < 4.78 is 0. The lowest BCUT2D eigenvalue weighted by atomic mass is 9.99. The summed E-state index contributed by atoms with van der Waals surface area (Å²) in [5, 5.41) is 13.4. The molecule has 0 aromatic heterocycles. The maximum absolute atomic E-state index is 13.6. The normalized spacial score (nSPS) is 10.5. The number of anilines is 2. The van der Waals surface area contributed by atoms with Crippen molar-refractivity contribution in [1.82, 2.24) is 0 Å². The third-order valence-electron chi connectivity index (χ3n) is 6.25. The van der Waals surface area contributed by atoms with Crippen molar-refractivity contribution in [2.75, 3.05) is 10.2 Å². The van der Waals surface area contributed by atoms with Gasteiger partial charge in [0.15, 0.2) is 0 Å². The number of carbonyl (C=O) groups is 2. The summed E-state index contributed by atoms with van der Waals surface area (Å²) in [4.78, 5) is 28.3. The highest BCUT2D eigenvalue weighted by Crippen LogP contribution is 2.30. The van der Waals surface area contributed by atoms with Gasteiger partial charge in [-0.05, 0) is 59.2 Å². The molecule has 5 rings (SSSR count). The molecule has 2 N–H and O–H groups in total. The summed E-state index contributed by atoms with van der Waals surface area (Å²) in [5.74, 6) is -0.469. The molecule has 2 amide bonds. The van der Waals surface area contributed by atoms with Crippen molar-refractivity contribution in [3.05, 3.63) is 150 Å². The fourth-order valence-electron chi connectivity index (χ4n) is 4.33. The number of nitrogens with zero attached hydrogens (tertiary/aromatic N) is 1. The number of para-hydroxylation sites is 2. The van der Waals surface area contributed by atoms with Gasteiger partial charge < -0.3 is 15.3 Å². The van der Waals surface area contributed by atoms with Gasteiger partial charge in [-0.1, -0.05) is 91.0 Å². The molecule has 186 valence electrons. The molecular weight excluding hydrogens is 472 g/mol. The van der Waals surface area contributed by atoms with E-state index in [0.717, 1.165) is 16.7 Å². The molecule has 38 heavy (non-hydrogen) atoms. The van der Waals surface area contributed by atoms with Gasteiger partial charge in [-0.15, -0.1) is 0 Å². The van der Waals surface area contributed by atoms with Gasteiger partial charge in [0.2, 0.25) is 0 Å². The van der Waals surface area contributed by atoms with E-state index in [1.165, 1.54) is 0 Å². The quantitative estimate of drug-likeness (QED) is 0.250. The Morgan fingerprint density at radius 3 is 1.97 bits per heavy atom. The number of nitrogens with one attached hydrogen (secondary N) is 1. The van der Waals surface area contributed by atoms with Crippen LogP contribution in [0.15, 0.2) is 133 Å². The van der Waals surface area contributed by atoms with E-state index in [1.807, 2.05) is 78.9 Å². The van der Waals surface area contributed by atoms with Gasteiger partial charge in [-0.2, -0.15) is 0 Å². The Morgan fingerprint density at radius 1 is 0.658 bits per heavy atom. The molecule has 0 bridgehead atoms. The number of hydrogen-bond acceptors (Lipinski definition) is 3. The number of hydrogen-bond donors (Lipinski definition) is 2. The van der Waals surface area contributed by atoms with Gasteiger partial charge in [0.1, 0.15) is 5.75 Å². The molecule has 0 saturated heterocycles. The van der Waals surface area contributed by atoms with E-state index < -0.39 is 0 Å². The zero-order chi connectivity index (χ0) is 26.3. The SMILES string of the molecule is O=C(Nc1ccc(C(=O)N(Cc2ccccc2)c2ccccc2O)cc1)c1ccccc1-c1ccccc1. The van der Waals surface area contributed by atoms with Crippen molar-refractivity contribution in [3.8, 4) is 16.9 Å². The number of benzene rings is 5. The number of aromatic hydroxyl groups is 1. The van der Waals surface area contributed by atoms with E-state index in [1.54, 1.807) is 59.5 Å². The van der Waals surface area contributed by atoms with E-state index in [-0.39, 0.29) is 17.6 Å². The molecule has 0 unspecified atom stereocenters. The average Bonchev–Trinajstić information content (AvgIpc) is 2.97. The lowest BCUT2D eigenvalue weighted by molar-refractivity contribution is 0.0983. The van der Waals surface area contributed by atoms with Crippen LogP contribution < -0.4 is 10.2 Å². The molecular formula is C33H26N2O3. The highest BCUT2D eigenvalue weighted by Gasteiger charge is 2.21. The fraction of sp³-hybridized carbons (Fsp3) is 0.0303. The lowest BCUT2D eigenvalue weighted by Crippen LogP contribution is -2.30. The lowest BCUT2D eigenvalue weighted by Gasteiger charge is -2.24. The number of rotatable bonds is 7. The predicted molar refractivity (Wildman–Crippen MR) is 151 cm³/mol. The third kappa shape index (κ3) is 5.47. The van der Waals surface area contributed by atoms with Crippen molar-refractivity contribution in [2.45, 2.75) is 6.54 Å². The van der Waals surface area contributed by atoms with E-state index in [9.17, 15) is 14.7 Å². The van der Waals surface area contributed by atoms with Gasteiger partial charge in [0, 0.05) is 16.8 Å². The molecule has 5 heteroatoms. The topological polar surface area (TPSA) is 69.6 Å². The van der Waals surface area contributed by atoms with Crippen LogP contribution in [0.1, 0.15) is 26.3 Å². The second kappa shape index (κ2) is 11.3. The summed E-state index contributed by atoms with van der Waals surface area (Å²) in [6.07, 6.45) is 0. The Morgan fingerprint density at radius 2 is 1.26 bits per heavy atom. The average molecular weight is 499 g/mol. The monoisotopic (exact) mass is 498 g/mol. The second-order valence-electron chi connectivity index (χ2n) is 8.81. The number of phenols is 1. The molecule has 0 spiro atoms. The standard InChI is InChI=1S/C33H26N2O3/c36-31-18-10-9-17-30(31)35(23-24-11-3-1-4-12-24)33(38)26-19-21-27(22-20-26)34-32(37)29-16-8-7-15-28(29)25-13-5-2-6-14-25/h1-22,36H,23H2,(H,34,37). The van der Waals surface area contributed by atoms with Crippen molar-refractivity contribution in [3.63, 3.8) is 0 Å². The molecule has 0 aliphatic rings. The Kier molecular flexibility index (Phi) is 7.27. The van der Waals surface area contributed by atoms with Crippen LogP contribution in [0.25, 0.3) is 11.1 Å². The molecule has 0 saturated carbocycles. The molecule has 5 aromatic rings. The van der Waals surface area contributed by atoms with Crippen molar-refractivity contribution >= 4 is 23.2 Å². The summed E-state index contributed by atoms with van der Waals surface area (Å²) in [6, 6.07) is 40.4. The third-order valence-corrected chi connectivity index (χ3v) is 6.25. The minimum atomic E-state index is -0.261. The van der Waals surface area contributed by atoms with Crippen LogP contribution in [0.4, 0.5) is 11.4 Å².